The molecule has 8 heteroatoms. The Labute approximate surface area is 184 Å². The van der Waals surface area contributed by atoms with Crippen LogP contribution in [-0.4, -0.2) is 37.3 Å². The number of piperidine rings is 1. The SMILES string of the molecule is Cn1c(-c2ccccc2Cl)nn(CN2CCC(c3nc4ccccc4o3)CC2)c1=S. The number of nitrogens with zero attached hydrogens (tertiary/aromatic N) is 5. The Hall–Kier alpha value is -2.48. The molecule has 0 bridgehead atoms. The van der Waals surface area contributed by atoms with E-state index in [0.29, 0.717) is 22.4 Å². The van der Waals surface area contributed by atoms with Gasteiger partial charge in [-0.15, -0.1) is 0 Å². The van der Waals surface area contributed by atoms with Crippen molar-refractivity contribution in [3.63, 3.8) is 0 Å². The number of benzene rings is 2. The third-order valence-corrected chi connectivity index (χ3v) is 6.55. The van der Waals surface area contributed by atoms with Crippen molar-refractivity contribution >= 4 is 34.9 Å². The molecule has 0 saturated carbocycles. The molecule has 0 atom stereocenters. The highest BCUT2D eigenvalue weighted by Gasteiger charge is 2.25. The molecule has 0 unspecified atom stereocenters. The molecule has 154 valence electrons. The monoisotopic (exact) mass is 439 g/mol. The van der Waals surface area contributed by atoms with E-state index in [-0.39, 0.29) is 0 Å². The topological polar surface area (TPSA) is 52.0 Å². The fourth-order valence-electron chi connectivity index (χ4n) is 4.03. The fraction of sp³-hybridized carbons (Fsp3) is 0.318. The highest BCUT2D eigenvalue weighted by atomic mass is 35.5. The number of oxazole rings is 1. The number of rotatable bonds is 4. The summed E-state index contributed by atoms with van der Waals surface area (Å²) >= 11 is 12.0. The molecule has 3 heterocycles. The van der Waals surface area contributed by atoms with Crippen LogP contribution in [0, 0.1) is 4.77 Å². The maximum absolute atomic E-state index is 6.37. The predicted octanol–water partition coefficient (Wildman–Crippen LogP) is 5.25. The zero-order chi connectivity index (χ0) is 20.7. The van der Waals surface area contributed by atoms with Gasteiger partial charge >= 0.3 is 0 Å². The van der Waals surface area contributed by atoms with Gasteiger partial charge in [-0.05, 0) is 49.3 Å². The van der Waals surface area contributed by atoms with Gasteiger partial charge in [0.05, 0.1) is 11.7 Å². The van der Waals surface area contributed by atoms with Gasteiger partial charge in [0.25, 0.3) is 0 Å². The normalized spacial score (nSPS) is 15.8. The third-order valence-electron chi connectivity index (χ3n) is 5.74. The largest absolute Gasteiger partial charge is 0.440 e. The van der Waals surface area contributed by atoms with E-state index in [2.05, 4.69) is 9.88 Å². The van der Waals surface area contributed by atoms with Crippen molar-refractivity contribution in [2.75, 3.05) is 13.1 Å². The molecule has 1 aliphatic heterocycles. The average Bonchev–Trinajstić information content (AvgIpc) is 3.32. The summed E-state index contributed by atoms with van der Waals surface area (Å²) < 4.78 is 10.5. The summed E-state index contributed by atoms with van der Waals surface area (Å²) in [5.41, 5.74) is 2.69. The van der Waals surface area contributed by atoms with E-state index in [4.69, 9.17) is 33.3 Å². The van der Waals surface area contributed by atoms with Crippen LogP contribution in [0.1, 0.15) is 24.7 Å². The zero-order valence-electron chi connectivity index (χ0n) is 16.7. The van der Waals surface area contributed by atoms with E-state index >= 15 is 0 Å². The Morgan fingerprint density at radius 2 is 1.83 bits per heavy atom. The Balaban J connectivity index is 1.29. The number of hydrogen-bond acceptors (Lipinski definition) is 5. The lowest BCUT2D eigenvalue weighted by atomic mass is 9.97. The van der Waals surface area contributed by atoms with E-state index in [1.165, 1.54) is 0 Å². The third kappa shape index (κ3) is 3.57. The first-order chi connectivity index (χ1) is 14.6. The molecule has 1 saturated heterocycles. The van der Waals surface area contributed by atoms with Gasteiger partial charge in [-0.2, -0.15) is 5.10 Å². The second-order valence-corrected chi connectivity index (χ2v) is 8.47. The molecule has 0 amide bonds. The molecule has 6 nitrogen and oxygen atoms in total. The second-order valence-electron chi connectivity index (χ2n) is 7.70. The Kier molecular flexibility index (Phi) is 5.18. The zero-order valence-corrected chi connectivity index (χ0v) is 18.2. The molecule has 1 fully saturated rings. The highest BCUT2D eigenvalue weighted by Crippen LogP contribution is 2.30. The lowest BCUT2D eigenvalue weighted by Crippen LogP contribution is -2.35. The predicted molar refractivity (Wildman–Crippen MR) is 120 cm³/mol. The number of halogens is 1. The van der Waals surface area contributed by atoms with Crippen LogP contribution < -0.4 is 0 Å². The minimum Gasteiger partial charge on any atom is -0.440 e. The fourth-order valence-corrected chi connectivity index (χ4v) is 4.44. The Morgan fingerprint density at radius 1 is 1.10 bits per heavy atom. The molecule has 0 radical (unpaired) electrons. The Morgan fingerprint density at radius 3 is 2.60 bits per heavy atom. The van der Waals surface area contributed by atoms with Gasteiger partial charge in [-0.1, -0.05) is 35.9 Å². The summed E-state index contributed by atoms with van der Waals surface area (Å²) in [6, 6.07) is 15.7. The van der Waals surface area contributed by atoms with Crippen LogP contribution in [0.25, 0.3) is 22.5 Å². The molecular weight excluding hydrogens is 418 g/mol. The first-order valence-electron chi connectivity index (χ1n) is 10.1. The maximum Gasteiger partial charge on any atom is 0.199 e. The van der Waals surface area contributed by atoms with Gasteiger partial charge in [0.1, 0.15) is 5.52 Å². The van der Waals surface area contributed by atoms with Crippen LogP contribution in [0.3, 0.4) is 0 Å². The van der Waals surface area contributed by atoms with Crippen LogP contribution in [0.4, 0.5) is 0 Å². The smallest absolute Gasteiger partial charge is 0.199 e. The molecular formula is C22H22ClN5OS. The standard InChI is InChI=1S/C22H22ClN5OS/c1-26-20(16-6-2-3-7-17(16)23)25-28(22(26)30)14-27-12-10-15(11-13-27)21-24-18-8-4-5-9-19(18)29-21/h2-9,15H,10-14H2,1H3. The van der Waals surface area contributed by atoms with Gasteiger partial charge in [0.15, 0.2) is 22.1 Å². The number of hydrogen-bond donors (Lipinski definition) is 0. The molecule has 0 spiro atoms. The van der Waals surface area contributed by atoms with E-state index in [1.54, 1.807) is 0 Å². The number of fused-ring (bicyclic) bond motifs is 1. The van der Waals surface area contributed by atoms with E-state index < -0.39 is 0 Å². The maximum atomic E-state index is 6.37. The first-order valence-corrected chi connectivity index (χ1v) is 10.9. The summed E-state index contributed by atoms with van der Waals surface area (Å²) in [6.07, 6.45) is 2.01. The lowest BCUT2D eigenvalue weighted by Gasteiger charge is -2.30. The lowest BCUT2D eigenvalue weighted by molar-refractivity contribution is 0.153. The highest BCUT2D eigenvalue weighted by molar-refractivity contribution is 7.71. The van der Waals surface area contributed by atoms with Crippen molar-refractivity contribution in [1.82, 2.24) is 24.2 Å². The minimum atomic E-state index is 0.351. The van der Waals surface area contributed by atoms with E-state index in [9.17, 15) is 0 Å². The molecule has 4 aromatic rings. The van der Waals surface area contributed by atoms with Crippen molar-refractivity contribution < 1.29 is 4.42 Å². The van der Waals surface area contributed by atoms with Crippen molar-refractivity contribution in [3.8, 4) is 11.4 Å². The molecule has 30 heavy (non-hydrogen) atoms. The first kappa shape index (κ1) is 19.5. The number of likely N-dealkylation sites (tertiary alicyclic amines) is 1. The summed E-state index contributed by atoms with van der Waals surface area (Å²) in [5.74, 6) is 1.99. The average molecular weight is 440 g/mol. The van der Waals surface area contributed by atoms with Crippen molar-refractivity contribution in [3.05, 3.63) is 64.2 Å². The van der Waals surface area contributed by atoms with Crippen LogP contribution >= 0.6 is 23.8 Å². The summed E-state index contributed by atoms with van der Waals surface area (Å²) in [7, 11) is 1.93. The minimum absolute atomic E-state index is 0.351. The molecule has 1 aliphatic rings. The van der Waals surface area contributed by atoms with Gasteiger partial charge in [-0.3, -0.25) is 4.90 Å². The van der Waals surface area contributed by atoms with Gasteiger partial charge in [-0.25, -0.2) is 9.67 Å². The molecule has 0 aliphatic carbocycles. The number of aromatic nitrogens is 4. The van der Waals surface area contributed by atoms with Crippen LogP contribution in [0.15, 0.2) is 52.9 Å². The molecule has 0 N–H and O–H groups in total. The second kappa shape index (κ2) is 7.98. The van der Waals surface area contributed by atoms with Crippen LogP contribution in [0.5, 0.6) is 0 Å². The Bertz CT molecular complexity index is 1220. The molecule has 2 aromatic heterocycles. The number of para-hydroxylation sites is 2. The summed E-state index contributed by atoms with van der Waals surface area (Å²) in [5, 5.41) is 5.43. The molecule has 5 rings (SSSR count). The van der Waals surface area contributed by atoms with Crippen molar-refractivity contribution in [1.29, 1.82) is 0 Å². The van der Waals surface area contributed by atoms with Gasteiger partial charge in [0.2, 0.25) is 0 Å². The van der Waals surface area contributed by atoms with Crippen LogP contribution in [-0.2, 0) is 13.7 Å². The van der Waals surface area contributed by atoms with Crippen LogP contribution in [0.2, 0.25) is 5.02 Å². The molecule has 2 aromatic carbocycles. The van der Waals surface area contributed by atoms with E-state index in [0.717, 1.165) is 54.3 Å². The van der Waals surface area contributed by atoms with Gasteiger partial charge < -0.3 is 8.98 Å². The summed E-state index contributed by atoms with van der Waals surface area (Å²) in [6.45, 7) is 2.56. The summed E-state index contributed by atoms with van der Waals surface area (Å²) in [4.78, 5) is 7.05. The van der Waals surface area contributed by atoms with Crippen molar-refractivity contribution in [2.45, 2.75) is 25.4 Å². The van der Waals surface area contributed by atoms with Gasteiger partial charge in [0, 0.05) is 31.6 Å². The quantitative estimate of drug-likeness (QED) is 0.406. The van der Waals surface area contributed by atoms with Crippen molar-refractivity contribution in [2.24, 2.45) is 7.05 Å². The van der Waals surface area contributed by atoms with E-state index in [1.807, 2.05) is 64.8 Å².